The average Bonchev–Trinajstić information content (AvgIpc) is 2.63. The van der Waals surface area contributed by atoms with Gasteiger partial charge in [0.05, 0.1) is 24.8 Å². The van der Waals surface area contributed by atoms with Crippen LogP contribution >= 0.6 is 11.8 Å². The van der Waals surface area contributed by atoms with Crippen molar-refractivity contribution in [3.63, 3.8) is 0 Å². The molecule has 2 aromatic carbocycles. The molecular weight excluding hydrogens is 332 g/mol. The molecule has 1 amide bonds. The highest BCUT2D eigenvalue weighted by Crippen LogP contribution is 2.28. The molecule has 0 aromatic heterocycles. The van der Waals surface area contributed by atoms with Crippen LogP contribution in [0.4, 0.5) is 5.69 Å². The lowest BCUT2D eigenvalue weighted by atomic mass is 10.2. The van der Waals surface area contributed by atoms with Gasteiger partial charge in [-0.05, 0) is 50.2 Å². The molecule has 1 unspecified atom stereocenters. The van der Waals surface area contributed by atoms with Crippen LogP contribution in [-0.4, -0.2) is 24.8 Å². The van der Waals surface area contributed by atoms with Crippen molar-refractivity contribution in [2.45, 2.75) is 30.4 Å². The lowest BCUT2D eigenvalue weighted by molar-refractivity contribution is -0.117. The van der Waals surface area contributed by atoms with Crippen molar-refractivity contribution in [3.05, 3.63) is 54.1 Å². The van der Waals surface area contributed by atoms with Gasteiger partial charge in [-0.2, -0.15) is 5.26 Å². The number of aryl methyl sites for hydroxylation is 1. The van der Waals surface area contributed by atoms with Crippen LogP contribution in [0.2, 0.25) is 0 Å². The van der Waals surface area contributed by atoms with Gasteiger partial charge in [-0.25, -0.2) is 0 Å². The number of methoxy groups -OCH3 is 1. The fourth-order valence-corrected chi connectivity index (χ4v) is 3.31. The van der Waals surface area contributed by atoms with Crippen molar-refractivity contribution in [1.29, 1.82) is 5.26 Å². The normalized spacial score (nSPS) is 11.4. The van der Waals surface area contributed by atoms with Crippen LogP contribution in [-0.2, 0) is 4.79 Å². The van der Waals surface area contributed by atoms with E-state index in [0.717, 1.165) is 21.9 Å². The highest BCUT2D eigenvalue weighted by molar-refractivity contribution is 8.00. The molecule has 0 heterocycles. The van der Waals surface area contributed by atoms with Crippen molar-refractivity contribution in [2.24, 2.45) is 0 Å². The molecule has 0 saturated carbocycles. The minimum atomic E-state index is -0.256. The van der Waals surface area contributed by atoms with E-state index < -0.39 is 0 Å². The lowest BCUT2D eigenvalue weighted by Crippen LogP contribution is -2.37. The zero-order chi connectivity index (χ0) is 18.2. The Morgan fingerprint density at radius 2 is 1.84 bits per heavy atom. The number of hydrogen-bond donors (Lipinski definition) is 0. The summed E-state index contributed by atoms with van der Waals surface area (Å²) in [4.78, 5) is 15.6. The summed E-state index contributed by atoms with van der Waals surface area (Å²) in [6.07, 6.45) is 0.305. The van der Waals surface area contributed by atoms with Gasteiger partial charge in [0.1, 0.15) is 5.75 Å². The molecule has 2 rings (SSSR count). The largest absolute Gasteiger partial charge is 0.497 e. The van der Waals surface area contributed by atoms with Crippen LogP contribution in [0.3, 0.4) is 0 Å². The van der Waals surface area contributed by atoms with Crippen LogP contribution in [0.5, 0.6) is 5.75 Å². The Morgan fingerprint density at radius 3 is 2.40 bits per heavy atom. The van der Waals surface area contributed by atoms with Crippen LogP contribution in [0.25, 0.3) is 0 Å². The number of carbonyl (C=O) groups is 1. The van der Waals surface area contributed by atoms with Gasteiger partial charge in [0.2, 0.25) is 5.91 Å². The molecule has 0 aliphatic heterocycles. The minimum Gasteiger partial charge on any atom is -0.497 e. The molecule has 0 fully saturated rings. The molecule has 4 nitrogen and oxygen atoms in total. The SMILES string of the molecule is COc1ccc(SC(C)C(=O)N(CCC#N)c2ccc(C)cc2)cc1. The predicted octanol–water partition coefficient (Wildman–Crippen LogP) is 4.43. The maximum absolute atomic E-state index is 12.9. The van der Waals surface area contributed by atoms with E-state index in [2.05, 4.69) is 6.07 Å². The monoisotopic (exact) mass is 354 g/mol. The standard InChI is InChI=1S/C20H22N2O2S/c1-15-5-7-17(8-6-15)22(14-4-13-21)20(23)16(2)25-19-11-9-18(24-3)10-12-19/h5-12,16H,4,14H2,1-3H3. The highest BCUT2D eigenvalue weighted by Gasteiger charge is 2.22. The van der Waals surface area contributed by atoms with Crippen LogP contribution < -0.4 is 9.64 Å². The third-order valence-electron chi connectivity index (χ3n) is 3.78. The third kappa shape index (κ3) is 5.27. The number of rotatable bonds is 7. The van der Waals surface area contributed by atoms with Gasteiger partial charge in [0, 0.05) is 17.1 Å². The molecule has 0 aliphatic carbocycles. The van der Waals surface area contributed by atoms with E-state index in [1.165, 1.54) is 11.8 Å². The number of thioether (sulfide) groups is 1. The Balaban J connectivity index is 2.13. The summed E-state index contributed by atoms with van der Waals surface area (Å²) in [6.45, 7) is 4.30. The van der Waals surface area contributed by atoms with Crippen LogP contribution in [0.1, 0.15) is 18.9 Å². The zero-order valence-corrected chi connectivity index (χ0v) is 15.5. The van der Waals surface area contributed by atoms with Gasteiger partial charge in [0.15, 0.2) is 0 Å². The molecule has 0 spiro atoms. The third-order valence-corrected chi connectivity index (χ3v) is 4.88. The van der Waals surface area contributed by atoms with E-state index in [0.29, 0.717) is 13.0 Å². The number of carbonyl (C=O) groups excluding carboxylic acids is 1. The maximum Gasteiger partial charge on any atom is 0.240 e. The van der Waals surface area contributed by atoms with Gasteiger partial charge < -0.3 is 9.64 Å². The zero-order valence-electron chi connectivity index (χ0n) is 14.7. The fraction of sp³-hybridized carbons (Fsp3) is 0.300. The number of ether oxygens (including phenoxy) is 1. The second-order valence-electron chi connectivity index (χ2n) is 5.67. The van der Waals surface area contributed by atoms with Gasteiger partial charge >= 0.3 is 0 Å². The number of hydrogen-bond acceptors (Lipinski definition) is 4. The lowest BCUT2D eigenvalue weighted by Gasteiger charge is -2.25. The number of nitriles is 1. The summed E-state index contributed by atoms with van der Waals surface area (Å²) in [6, 6.07) is 17.6. The summed E-state index contributed by atoms with van der Waals surface area (Å²) in [5, 5.41) is 8.65. The van der Waals surface area contributed by atoms with Crippen molar-refractivity contribution >= 4 is 23.4 Å². The molecule has 0 aliphatic rings. The van der Waals surface area contributed by atoms with Gasteiger partial charge in [-0.1, -0.05) is 17.7 Å². The molecule has 130 valence electrons. The molecule has 25 heavy (non-hydrogen) atoms. The van der Waals surface area contributed by atoms with Crippen molar-refractivity contribution in [3.8, 4) is 11.8 Å². The summed E-state index contributed by atoms with van der Waals surface area (Å²) in [5.74, 6) is 0.790. The van der Waals surface area contributed by atoms with Crippen molar-refractivity contribution in [1.82, 2.24) is 0 Å². The smallest absolute Gasteiger partial charge is 0.240 e. The Hall–Kier alpha value is -2.45. The predicted molar refractivity (Wildman–Crippen MR) is 102 cm³/mol. The fourth-order valence-electron chi connectivity index (χ4n) is 2.38. The first-order chi connectivity index (χ1) is 12.0. The van der Waals surface area contributed by atoms with E-state index in [-0.39, 0.29) is 11.2 Å². The average molecular weight is 354 g/mol. The molecule has 0 bridgehead atoms. The van der Waals surface area contributed by atoms with E-state index in [4.69, 9.17) is 10.00 Å². The van der Waals surface area contributed by atoms with Crippen molar-refractivity contribution in [2.75, 3.05) is 18.6 Å². The Bertz CT molecular complexity index is 736. The first-order valence-corrected chi connectivity index (χ1v) is 8.99. The number of amides is 1. The number of nitrogens with zero attached hydrogens (tertiary/aromatic N) is 2. The second kappa shape index (κ2) is 9.14. The van der Waals surface area contributed by atoms with Crippen molar-refractivity contribution < 1.29 is 9.53 Å². The molecule has 1 atom stereocenters. The number of anilines is 1. The van der Waals surface area contributed by atoms with E-state index in [1.807, 2.05) is 62.4 Å². The van der Waals surface area contributed by atoms with E-state index in [9.17, 15) is 4.79 Å². The molecular formula is C20H22N2O2S. The quantitative estimate of drug-likeness (QED) is 0.690. The summed E-state index contributed by atoms with van der Waals surface area (Å²) < 4.78 is 5.16. The van der Waals surface area contributed by atoms with E-state index in [1.54, 1.807) is 12.0 Å². The second-order valence-corrected chi connectivity index (χ2v) is 7.08. The van der Waals surface area contributed by atoms with Crippen LogP contribution in [0.15, 0.2) is 53.4 Å². The van der Waals surface area contributed by atoms with Crippen LogP contribution in [0, 0.1) is 18.3 Å². The molecule has 5 heteroatoms. The summed E-state index contributed by atoms with van der Waals surface area (Å²) in [7, 11) is 1.63. The Kier molecular flexibility index (Phi) is 6.91. The summed E-state index contributed by atoms with van der Waals surface area (Å²) >= 11 is 1.50. The molecule has 0 radical (unpaired) electrons. The molecule has 0 saturated heterocycles. The molecule has 2 aromatic rings. The van der Waals surface area contributed by atoms with E-state index >= 15 is 0 Å². The summed E-state index contributed by atoms with van der Waals surface area (Å²) in [5.41, 5.74) is 1.96. The number of benzene rings is 2. The first kappa shape index (κ1) is 18.9. The highest BCUT2D eigenvalue weighted by atomic mass is 32.2. The maximum atomic E-state index is 12.9. The minimum absolute atomic E-state index is 0.0000730. The van der Waals surface area contributed by atoms with Gasteiger partial charge in [-0.15, -0.1) is 11.8 Å². The first-order valence-electron chi connectivity index (χ1n) is 8.11. The van der Waals surface area contributed by atoms with Gasteiger partial charge in [0.25, 0.3) is 0 Å². The topological polar surface area (TPSA) is 53.3 Å². The molecule has 0 N–H and O–H groups in total. The Labute approximate surface area is 153 Å². The Morgan fingerprint density at radius 1 is 1.20 bits per heavy atom. The van der Waals surface area contributed by atoms with Gasteiger partial charge in [-0.3, -0.25) is 4.79 Å².